The number of carbonyl (C=O) groups is 1. The number of pyridine rings is 1. The quantitative estimate of drug-likeness (QED) is 0.444. The lowest BCUT2D eigenvalue weighted by Crippen LogP contribution is -2.21. The minimum Gasteiger partial charge on any atom is -0.481 e. The molecule has 0 radical (unpaired) electrons. The highest BCUT2D eigenvalue weighted by Gasteiger charge is 2.27. The van der Waals surface area contributed by atoms with Crippen molar-refractivity contribution in [1.29, 1.82) is 0 Å². The first-order valence-electron chi connectivity index (χ1n) is 9.23. The summed E-state index contributed by atoms with van der Waals surface area (Å²) < 4.78 is 19.2. The number of hydrogen-bond acceptors (Lipinski definition) is 4. The van der Waals surface area contributed by atoms with E-state index in [4.69, 9.17) is 4.74 Å². The Morgan fingerprint density at radius 3 is 2.79 bits per heavy atom. The van der Waals surface area contributed by atoms with Crippen LogP contribution in [0.1, 0.15) is 23.1 Å². The average Bonchev–Trinajstić information content (AvgIpc) is 3.18. The normalized spacial score (nSPS) is 13.0. The van der Waals surface area contributed by atoms with Gasteiger partial charge in [-0.3, -0.25) is 0 Å². The molecule has 2 aromatic carbocycles. The third kappa shape index (κ3) is 3.82. The topological polar surface area (TPSA) is 67.0 Å². The number of carbonyl (C=O) groups excluding carboxylic acids is 1. The second-order valence-corrected chi connectivity index (χ2v) is 6.72. The molecule has 4 rings (SSSR count). The summed E-state index contributed by atoms with van der Waals surface area (Å²) in [5.74, 6) is -0.458. The molecule has 0 bridgehead atoms. The number of para-hydroxylation sites is 1. The Labute approximate surface area is 167 Å². The lowest BCUT2D eigenvalue weighted by atomic mass is 9.87. The van der Waals surface area contributed by atoms with Gasteiger partial charge in [0.2, 0.25) is 5.88 Å². The number of benzene rings is 2. The predicted molar refractivity (Wildman–Crippen MR) is 111 cm³/mol. The molecule has 0 spiro atoms. The molecule has 2 atom stereocenters. The van der Waals surface area contributed by atoms with Gasteiger partial charge in [-0.25, -0.2) is 9.37 Å². The SMILES string of the molecule is COc1cc(NC(c2cccc(F)c2)C(C=O)c2c[nH]c3ccccc23)ccn1. The standard InChI is InChI=1S/C23H20FN3O2/c1-29-22-12-17(9-10-25-22)27-23(15-5-4-6-16(24)11-15)20(14-28)19-13-26-21-8-3-2-7-18(19)21/h2-14,20,23,26H,1H3,(H,25,27). The number of rotatable bonds is 7. The molecule has 0 amide bonds. The van der Waals surface area contributed by atoms with Crippen molar-refractivity contribution in [2.45, 2.75) is 12.0 Å². The molecular weight excluding hydrogens is 369 g/mol. The van der Waals surface area contributed by atoms with Crippen LogP contribution in [0, 0.1) is 5.82 Å². The van der Waals surface area contributed by atoms with Crippen molar-refractivity contribution in [3.63, 3.8) is 0 Å². The fourth-order valence-electron chi connectivity index (χ4n) is 3.57. The molecule has 0 fully saturated rings. The lowest BCUT2D eigenvalue weighted by molar-refractivity contribution is -0.109. The lowest BCUT2D eigenvalue weighted by Gasteiger charge is -2.26. The number of aromatic amines is 1. The number of nitrogens with zero attached hydrogens (tertiary/aromatic N) is 1. The van der Waals surface area contributed by atoms with Crippen molar-refractivity contribution in [1.82, 2.24) is 9.97 Å². The molecular formula is C23H20FN3O2. The summed E-state index contributed by atoms with van der Waals surface area (Å²) in [6, 6.07) is 17.1. The second kappa shape index (κ2) is 8.14. The Morgan fingerprint density at radius 1 is 1.14 bits per heavy atom. The molecule has 5 nitrogen and oxygen atoms in total. The predicted octanol–water partition coefficient (Wildman–Crippen LogP) is 4.85. The van der Waals surface area contributed by atoms with Crippen molar-refractivity contribution in [3.05, 3.63) is 90.0 Å². The van der Waals surface area contributed by atoms with E-state index in [2.05, 4.69) is 15.3 Å². The molecule has 2 unspecified atom stereocenters. The monoisotopic (exact) mass is 389 g/mol. The molecule has 6 heteroatoms. The molecule has 4 aromatic rings. The van der Waals surface area contributed by atoms with Crippen LogP contribution in [0.3, 0.4) is 0 Å². The summed E-state index contributed by atoms with van der Waals surface area (Å²) >= 11 is 0. The van der Waals surface area contributed by atoms with Crippen LogP contribution in [0.4, 0.5) is 10.1 Å². The largest absolute Gasteiger partial charge is 0.481 e. The number of halogens is 1. The van der Waals surface area contributed by atoms with E-state index in [0.717, 1.165) is 28.4 Å². The van der Waals surface area contributed by atoms with Crippen LogP contribution in [0.5, 0.6) is 5.88 Å². The number of aromatic nitrogens is 2. The van der Waals surface area contributed by atoms with Crippen LogP contribution >= 0.6 is 0 Å². The van der Waals surface area contributed by atoms with Gasteiger partial charge >= 0.3 is 0 Å². The number of nitrogens with one attached hydrogen (secondary N) is 2. The zero-order chi connectivity index (χ0) is 20.2. The number of aldehydes is 1. The number of H-pyrrole nitrogens is 1. The summed E-state index contributed by atoms with van der Waals surface area (Å²) in [5, 5.41) is 4.33. The second-order valence-electron chi connectivity index (χ2n) is 6.72. The third-order valence-corrected chi connectivity index (χ3v) is 4.96. The van der Waals surface area contributed by atoms with Gasteiger partial charge < -0.3 is 19.8 Å². The van der Waals surface area contributed by atoms with Crippen LogP contribution < -0.4 is 10.1 Å². The van der Waals surface area contributed by atoms with E-state index >= 15 is 0 Å². The van der Waals surface area contributed by atoms with Crippen molar-refractivity contribution < 1.29 is 13.9 Å². The molecule has 146 valence electrons. The van der Waals surface area contributed by atoms with Gasteiger partial charge in [-0.1, -0.05) is 30.3 Å². The molecule has 2 heterocycles. The summed E-state index contributed by atoms with van der Waals surface area (Å²) in [5.41, 5.74) is 3.18. The molecule has 29 heavy (non-hydrogen) atoms. The highest BCUT2D eigenvalue weighted by molar-refractivity contribution is 5.87. The Kier molecular flexibility index (Phi) is 5.24. The van der Waals surface area contributed by atoms with Gasteiger partial charge in [-0.15, -0.1) is 0 Å². The fraction of sp³-hybridized carbons (Fsp3) is 0.130. The van der Waals surface area contributed by atoms with Gasteiger partial charge in [0.15, 0.2) is 0 Å². The average molecular weight is 389 g/mol. The minimum absolute atomic E-state index is 0.356. The number of fused-ring (bicyclic) bond motifs is 1. The zero-order valence-corrected chi connectivity index (χ0v) is 15.8. The van der Waals surface area contributed by atoms with E-state index in [1.165, 1.54) is 19.2 Å². The highest BCUT2D eigenvalue weighted by Crippen LogP contribution is 2.36. The van der Waals surface area contributed by atoms with Crippen molar-refractivity contribution in [2.24, 2.45) is 0 Å². The maximum Gasteiger partial charge on any atom is 0.214 e. The molecule has 0 aliphatic carbocycles. The molecule has 2 N–H and O–H groups in total. The van der Waals surface area contributed by atoms with E-state index in [9.17, 15) is 9.18 Å². The molecule has 0 aliphatic rings. The number of ether oxygens (including phenoxy) is 1. The first-order chi connectivity index (χ1) is 14.2. The Balaban J connectivity index is 1.80. The van der Waals surface area contributed by atoms with E-state index in [0.29, 0.717) is 11.4 Å². The zero-order valence-electron chi connectivity index (χ0n) is 15.8. The maximum absolute atomic E-state index is 14.0. The molecule has 0 saturated heterocycles. The number of methoxy groups -OCH3 is 1. The Hall–Kier alpha value is -3.67. The maximum atomic E-state index is 14.0. The first kappa shape index (κ1) is 18.7. The van der Waals surface area contributed by atoms with Gasteiger partial charge in [0.25, 0.3) is 0 Å². The first-order valence-corrected chi connectivity index (χ1v) is 9.23. The van der Waals surface area contributed by atoms with E-state index < -0.39 is 12.0 Å². The summed E-state index contributed by atoms with van der Waals surface area (Å²) in [6.45, 7) is 0. The van der Waals surface area contributed by atoms with Crippen molar-refractivity contribution >= 4 is 22.9 Å². The number of hydrogen-bond donors (Lipinski definition) is 2. The highest BCUT2D eigenvalue weighted by atomic mass is 19.1. The number of anilines is 1. The van der Waals surface area contributed by atoms with Gasteiger partial charge in [-0.2, -0.15) is 0 Å². The summed E-state index contributed by atoms with van der Waals surface area (Å²) in [6.07, 6.45) is 4.35. The van der Waals surface area contributed by atoms with Crippen LogP contribution in [0.15, 0.2) is 73.1 Å². The van der Waals surface area contributed by atoms with E-state index in [1.807, 2.05) is 36.5 Å². The Bertz CT molecular complexity index is 1140. The van der Waals surface area contributed by atoms with Crippen molar-refractivity contribution in [3.8, 4) is 5.88 Å². The minimum atomic E-state index is -0.549. The third-order valence-electron chi connectivity index (χ3n) is 4.96. The van der Waals surface area contributed by atoms with Crippen LogP contribution in [0.25, 0.3) is 10.9 Å². The van der Waals surface area contributed by atoms with Crippen LogP contribution in [-0.2, 0) is 4.79 Å². The van der Waals surface area contributed by atoms with E-state index in [1.54, 1.807) is 24.4 Å². The molecule has 0 saturated carbocycles. The van der Waals surface area contributed by atoms with Crippen LogP contribution in [-0.4, -0.2) is 23.4 Å². The van der Waals surface area contributed by atoms with E-state index in [-0.39, 0.29) is 5.82 Å². The van der Waals surface area contributed by atoms with Crippen LogP contribution in [0.2, 0.25) is 0 Å². The van der Waals surface area contributed by atoms with Gasteiger partial charge in [0.05, 0.1) is 19.1 Å². The molecule has 0 aliphatic heterocycles. The fourth-order valence-corrected chi connectivity index (χ4v) is 3.57. The van der Waals surface area contributed by atoms with Gasteiger partial charge in [-0.05, 0) is 35.4 Å². The van der Waals surface area contributed by atoms with Crippen molar-refractivity contribution in [2.75, 3.05) is 12.4 Å². The summed E-state index contributed by atoms with van der Waals surface area (Å²) in [7, 11) is 1.54. The van der Waals surface area contributed by atoms with Gasteiger partial charge in [0.1, 0.15) is 12.1 Å². The van der Waals surface area contributed by atoms with Gasteiger partial charge in [0, 0.05) is 35.1 Å². The summed E-state index contributed by atoms with van der Waals surface area (Å²) in [4.78, 5) is 19.6. The smallest absolute Gasteiger partial charge is 0.214 e. The molecule has 2 aromatic heterocycles. The Morgan fingerprint density at radius 2 is 2.00 bits per heavy atom.